The number of rotatable bonds is 5. The van der Waals surface area contributed by atoms with Gasteiger partial charge in [0.15, 0.2) is 9.84 Å². The first-order valence-electron chi connectivity index (χ1n) is 6.31. The molecule has 1 unspecified atom stereocenters. The van der Waals surface area contributed by atoms with Crippen molar-refractivity contribution < 1.29 is 17.9 Å². The van der Waals surface area contributed by atoms with Gasteiger partial charge in [0, 0.05) is 18.4 Å². The van der Waals surface area contributed by atoms with E-state index in [2.05, 4.69) is 0 Å². The van der Waals surface area contributed by atoms with E-state index in [-0.39, 0.29) is 16.8 Å². The number of sulfone groups is 1. The van der Waals surface area contributed by atoms with Gasteiger partial charge >= 0.3 is 0 Å². The molecular weight excluding hydrogens is 266 g/mol. The lowest BCUT2D eigenvalue weighted by molar-refractivity contribution is 0.109. The molecule has 6 heteroatoms. The zero-order valence-electron chi connectivity index (χ0n) is 11.0. The van der Waals surface area contributed by atoms with Crippen LogP contribution in [0.15, 0.2) is 23.1 Å². The van der Waals surface area contributed by atoms with Crippen LogP contribution in [0.25, 0.3) is 0 Å². The quantitative estimate of drug-likeness (QED) is 0.832. The minimum absolute atomic E-state index is 0.0644. The number of hydrogen-bond acceptors (Lipinski definition) is 5. The Kier molecular flexibility index (Phi) is 4.31. The lowest BCUT2D eigenvalue weighted by atomic mass is 10.2. The molecule has 19 heavy (non-hydrogen) atoms. The molecule has 0 saturated carbocycles. The third-order valence-corrected chi connectivity index (χ3v) is 5.04. The average Bonchev–Trinajstić information content (AvgIpc) is 2.89. The fourth-order valence-corrected chi connectivity index (χ4v) is 3.73. The summed E-state index contributed by atoms with van der Waals surface area (Å²) in [5.74, 6) is 0.366. The first kappa shape index (κ1) is 14.1. The molecule has 0 aromatic heterocycles. The minimum atomic E-state index is -3.37. The standard InChI is InChI=1S/C13H19NO4S/c1-17-12-9-10(14)4-5-13(12)19(15,16)8-6-11-3-2-7-18-11/h4-5,9,11H,2-3,6-8,14H2,1H3. The summed E-state index contributed by atoms with van der Waals surface area (Å²) in [5.41, 5.74) is 6.11. The van der Waals surface area contributed by atoms with Crippen molar-refractivity contribution in [2.75, 3.05) is 25.2 Å². The Bertz CT molecular complexity index is 536. The Morgan fingerprint density at radius 3 is 2.89 bits per heavy atom. The highest BCUT2D eigenvalue weighted by molar-refractivity contribution is 7.91. The lowest BCUT2D eigenvalue weighted by Gasteiger charge is -2.12. The first-order valence-corrected chi connectivity index (χ1v) is 7.96. The van der Waals surface area contributed by atoms with Crippen molar-refractivity contribution in [3.63, 3.8) is 0 Å². The Balaban J connectivity index is 2.14. The van der Waals surface area contributed by atoms with Crippen LogP contribution in [0, 0.1) is 0 Å². The molecule has 1 aromatic rings. The number of ether oxygens (including phenoxy) is 2. The van der Waals surface area contributed by atoms with E-state index in [9.17, 15) is 8.42 Å². The summed E-state index contributed by atoms with van der Waals surface area (Å²) in [6.07, 6.45) is 2.54. The number of anilines is 1. The number of hydrogen-bond donors (Lipinski definition) is 1. The molecule has 0 radical (unpaired) electrons. The number of nitrogens with two attached hydrogens (primary N) is 1. The molecule has 0 amide bonds. The Hall–Kier alpha value is -1.27. The predicted molar refractivity (Wildman–Crippen MR) is 73.1 cm³/mol. The highest BCUT2D eigenvalue weighted by Crippen LogP contribution is 2.28. The largest absolute Gasteiger partial charge is 0.495 e. The summed E-state index contributed by atoms with van der Waals surface area (Å²) in [6, 6.07) is 4.60. The molecule has 1 aromatic carbocycles. The van der Waals surface area contributed by atoms with E-state index < -0.39 is 9.84 Å². The van der Waals surface area contributed by atoms with Gasteiger partial charge in [-0.1, -0.05) is 0 Å². The molecule has 2 rings (SSSR count). The average molecular weight is 285 g/mol. The summed E-state index contributed by atoms with van der Waals surface area (Å²) in [4.78, 5) is 0.196. The van der Waals surface area contributed by atoms with E-state index in [1.54, 1.807) is 6.07 Å². The molecule has 1 heterocycles. The molecule has 106 valence electrons. The van der Waals surface area contributed by atoms with E-state index >= 15 is 0 Å². The van der Waals surface area contributed by atoms with Gasteiger partial charge in [0.05, 0.1) is 19.0 Å². The first-order chi connectivity index (χ1) is 9.03. The summed E-state index contributed by atoms with van der Waals surface area (Å²) < 4.78 is 35.1. The van der Waals surface area contributed by atoms with Crippen LogP contribution in [0.5, 0.6) is 5.75 Å². The van der Waals surface area contributed by atoms with Gasteiger partial charge in [-0.2, -0.15) is 0 Å². The maximum atomic E-state index is 12.3. The molecule has 2 N–H and O–H groups in total. The van der Waals surface area contributed by atoms with Crippen molar-refractivity contribution in [1.82, 2.24) is 0 Å². The van der Waals surface area contributed by atoms with Crippen LogP contribution in [-0.4, -0.2) is 34.0 Å². The molecule has 0 spiro atoms. The van der Waals surface area contributed by atoms with Crippen molar-refractivity contribution in [3.05, 3.63) is 18.2 Å². The molecule has 1 aliphatic rings. The van der Waals surface area contributed by atoms with Gasteiger partial charge in [-0.15, -0.1) is 0 Å². The second kappa shape index (κ2) is 5.79. The molecule has 1 saturated heterocycles. The van der Waals surface area contributed by atoms with Crippen LogP contribution in [0.1, 0.15) is 19.3 Å². The van der Waals surface area contributed by atoms with Crippen molar-refractivity contribution in [2.45, 2.75) is 30.3 Å². The third kappa shape index (κ3) is 3.39. The number of benzene rings is 1. The van der Waals surface area contributed by atoms with Gasteiger partial charge in [-0.25, -0.2) is 8.42 Å². The van der Waals surface area contributed by atoms with Crippen molar-refractivity contribution in [2.24, 2.45) is 0 Å². The molecule has 5 nitrogen and oxygen atoms in total. The molecule has 1 aliphatic heterocycles. The summed E-state index contributed by atoms with van der Waals surface area (Å²) in [7, 11) is -1.93. The third-order valence-electron chi connectivity index (χ3n) is 3.26. The molecule has 0 bridgehead atoms. The van der Waals surface area contributed by atoms with Crippen LogP contribution in [0.2, 0.25) is 0 Å². The summed E-state index contributed by atoms with van der Waals surface area (Å²) in [5, 5.41) is 0. The molecular formula is C13H19NO4S. The van der Waals surface area contributed by atoms with Gasteiger partial charge < -0.3 is 15.2 Å². The molecule has 1 atom stereocenters. The monoisotopic (exact) mass is 285 g/mol. The van der Waals surface area contributed by atoms with E-state index in [0.717, 1.165) is 19.4 Å². The van der Waals surface area contributed by atoms with Crippen LogP contribution in [0.3, 0.4) is 0 Å². The SMILES string of the molecule is COc1cc(N)ccc1S(=O)(=O)CCC1CCCO1. The maximum Gasteiger partial charge on any atom is 0.182 e. The highest BCUT2D eigenvalue weighted by atomic mass is 32.2. The summed E-state index contributed by atoms with van der Waals surface area (Å²) in [6.45, 7) is 0.732. The Labute approximate surface area is 113 Å². The second-order valence-electron chi connectivity index (χ2n) is 4.65. The fraction of sp³-hybridized carbons (Fsp3) is 0.538. The number of nitrogen functional groups attached to an aromatic ring is 1. The predicted octanol–water partition coefficient (Wildman–Crippen LogP) is 1.62. The van der Waals surface area contributed by atoms with Crippen LogP contribution in [-0.2, 0) is 14.6 Å². The maximum absolute atomic E-state index is 12.3. The zero-order chi connectivity index (χ0) is 13.9. The molecule has 1 fully saturated rings. The minimum Gasteiger partial charge on any atom is -0.495 e. The number of methoxy groups -OCH3 is 1. The van der Waals surface area contributed by atoms with Crippen molar-refractivity contribution >= 4 is 15.5 Å². The van der Waals surface area contributed by atoms with Crippen LogP contribution in [0.4, 0.5) is 5.69 Å². The van der Waals surface area contributed by atoms with Crippen LogP contribution >= 0.6 is 0 Å². The van der Waals surface area contributed by atoms with Gasteiger partial charge in [0.2, 0.25) is 0 Å². The highest BCUT2D eigenvalue weighted by Gasteiger charge is 2.23. The van der Waals surface area contributed by atoms with E-state index in [1.807, 2.05) is 0 Å². The lowest BCUT2D eigenvalue weighted by Crippen LogP contribution is -2.15. The van der Waals surface area contributed by atoms with E-state index in [0.29, 0.717) is 17.9 Å². The van der Waals surface area contributed by atoms with Crippen molar-refractivity contribution in [1.29, 1.82) is 0 Å². The van der Waals surface area contributed by atoms with Crippen molar-refractivity contribution in [3.8, 4) is 5.75 Å². The Morgan fingerprint density at radius 1 is 1.47 bits per heavy atom. The van der Waals surface area contributed by atoms with E-state index in [1.165, 1.54) is 19.2 Å². The van der Waals surface area contributed by atoms with Gasteiger partial charge in [0.25, 0.3) is 0 Å². The topological polar surface area (TPSA) is 78.6 Å². The normalized spacial score (nSPS) is 19.5. The Morgan fingerprint density at radius 2 is 2.26 bits per heavy atom. The zero-order valence-corrected chi connectivity index (χ0v) is 11.8. The second-order valence-corrected chi connectivity index (χ2v) is 6.73. The van der Waals surface area contributed by atoms with Gasteiger partial charge in [-0.05, 0) is 31.4 Å². The fourth-order valence-electron chi connectivity index (χ4n) is 2.21. The van der Waals surface area contributed by atoms with Gasteiger partial charge in [-0.3, -0.25) is 0 Å². The molecule has 0 aliphatic carbocycles. The summed E-state index contributed by atoms with van der Waals surface area (Å²) >= 11 is 0. The van der Waals surface area contributed by atoms with Gasteiger partial charge in [0.1, 0.15) is 10.6 Å². The van der Waals surface area contributed by atoms with Crippen LogP contribution < -0.4 is 10.5 Å². The van der Waals surface area contributed by atoms with E-state index in [4.69, 9.17) is 15.2 Å². The smallest absolute Gasteiger partial charge is 0.182 e.